The van der Waals surface area contributed by atoms with Gasteiger partial charge in [0.05, 0.1) is 0 Å². The van der Waals surface area contributed by atoms with Gasteiger partial charge in [-0.05, 0) is 42.7 Å². The van der Waals surface area contributed by atoms with Gasteiger partial charge in [-0.1, -0.05) is 80.2 Å². The largest absolute Gasteiger partial charge is 0.0887 e. The summed E-state index contributed by atoms with van der Waals surface area (Å²) in [6.45, 7) is 6.84. The van der Waals surface area contributed by atoms with Crippen LogP contribution < -0.4 is 0 Å². The lowest BCUT2D eigenvalue weighted by Crippen LogP contribution is -2.06. The molecule has 1 unspecified atom stereocenters. The van der Waals surface area contributed by atoms with Gasteiger partial charge >= 0.3 is 0 Å². The van der Waals surface area contributed by atoms with Gasteiger partial charge in [-0.2, -0.15) is 0 Å². The molecule has 0 aliphatic rings. The number of unbranched alkanes of at least 4 members (excludes halogenated alkanes) is 3. The van der Waals surface area contributed by atoms with Crippen molar-refractivity contribution >= 4 is 15.9 Å². The van der Waals surface area contributed by atoms with Crippen molar-refractivity contribution < 1.29 is 0 Å². The van der Waals surface area contributed by atoms with Crippen LogP contribution in [-0.4, -0.2) is 4.83 Å². The van der Waals surface area contributed by atoms with Crippen LogP contribution in [0.1, 0.15) is 64.0 Å². The van der Waals surface area contributed by atoms with E-state index in [0.29, 0.717) is 4.83 Å². The Hall–Kier alpha value is -0.300. The minimum absolute atomic E-state index is 0.614. The molecular formula is C18H29Br. The number of aryl methyl sites for hydroxylation is 1. The third kappa shape index (κ3) is 7.77. The predicted octanol–water partition coefficient (Wildman–Crippen LogP) is 6.16. The number of halogens is 1. The molecule has 1 rings (SSSR count). The van der Waals surface area contributed by atoms with Crippen LogP contribution in [-0.2, 0) is 12.8 Å². The van der Waals surface area contributed by atoms with Gasteiger partial charge in [0, 0.05) is 4.83 Å². The molecule has 0 nitrogen and oxygen atoms in total. The number of rotatable bonds is 9. The number of hydrogen-bond acceptors (Lipinski definition) is 0. The summed E-state index contributed by atoms with van der Waals surface area (Å²) in [7, 11) is 0. The van der Waals surface area contributed by atoms with Gasteiger partial charge in [-0.3, -0.25) is 0 Å². The fraction of sp³-hybridized carbons (Fsp3) is 0.667. The molecule has 0 saturated carbocycles. The number of benzene rings is 1. The van der Waals surface area contributed by atoms with Crippen molar-refractivity contribution in [3.05, 3.63) is 35.4 Å². The van der Waals surface area contributed by atoms with E-state index in [-0.39, 0.29) is 0 Å². The van der Waals surface area contributed by atoms with Crippen molar-refractivity contribution in [3.63, 3.8) is 0 Å². The molecule has 0 saturated heterocycles. The van der Waals surface area contributed by atoms with Crippen LogP contribution in [0.4, 0.5) is 0 Å². The zero-order valence-electron chi connectivity index (χ0n) is 12.8. The van der Waals surface area contributed by atoms with E-state index < -0.39 is 0 Å². The molecule has 0 aliphatic carbocycles. The molecule has 1 aromatic rings. The highest BCUT2D eigenvalue weighted by Crippen LogP contribution is 2.18. The maximum absolute atomic E-state index is 3.79. The monoisotopic (exact) mass is 324 g/mol. The Morgan fingerprint density at radius 3 is 2.16 bits per heavy atom. The van der Waals surface area contributed by atoms with E-state index in [9.17, 15) is 0 Å². The molecule has 0 amide bonds. The molecule has 19 heavy (non-hydrogen) atoms. The predicted molar refractivity (Wildman–Crippen MR) is 90.2 cm³/mol. The fourth-order valence-corrected chi connectivity index (χ4v) is 3.57. The van der Waals surface area contributed by atoms with E-state index in [4.69, 9.17) is 0 Å². The van der Waals surface area contributed by atoms with Crippen LogP contribution in [0, 0.1) is 5.92 Å². The smallest absolute Gasteiger partial charge is 0.0188 e. The normalized spacial score (nSPS) is 12.9. The molecular weight excluding hydrogens is 296 g/mol. The first-order chi connectivity index (χ1) is 9.11. The van der Waals surface area contributed by atoms with Crippen LogP contribution in [0.5, 0.6) is 0 Å². The lowest BCUT2D eigenvalue weighted by molar-refractivity contribution is 0.571. The first-order valence-corrected chi connectivity index (χ1v) is 8.75. The molecule has 0 aliphatic heterocycles. The molecule has 1 aromatic carbocycles. The van der Waals surface area contributed by atoms with Crippen LogP contribution in [0.2, 0.25) is 0 Å². The van der Waals surface area contributed by atoms with Gasteiger partial charge in [0.1, 0.15) is 0 Å². The molecule has 0 N–H and O–H groups in total. The average Bonchev–Trinajstić information content (AvgIpc) is 2.35. The minimum Gasteiger partial charge on any atom is -0.0887 e. The van der Waals surface area contributed by atoms with E-state index in [1.54, 1.807) is 0 Å². The summed E-state index contributed by atoms with van der Waals surface area (Å²) in [6.07, 6.45) is 9.04. The van der Waals surface area contributed by atoms with E-state index in [0.717, 1.165) is 12.3 Å². The Bertz CT molecular complexity index is 326. The number of alkyl halides is 1. The molecule has 0 heterocycles. The second kappa shape index (κ2) is 9.58. The van der Waals surface area contributed by atoms with Gasteiger partial charge in [0.25, 0.3) is 0 Å². The second-order valence-electron chi connectivity index (χ2n) is 6.06. The summed E-state index contributed by atoms with van der Waals surface area (Å²) in [6, 6.07) is 9.25. The first kappa shape index (κ1) is 16.8. The molecule has 0 spiro atoms. The van der Waals surface area contributed by atoms with E-state index in [1.165, 1.54) is 49.7 Å². The minimum atomic E-state index is 0.614. The van der Waals surface area contributed by atoms with Crippen molar-refractivity contribution in [2.75, 3.05) is 0 Å². The van der Waals surface area contributed by atoms with Gasteiger partial charge in [0.2, 0.25) is 0 Å². The molecule has 1 heteroatoms. The van der Waals surface area contributed by atoms with Crippen LogP contribution >= 0.6 is 15.9 Å². The SMILES string of the molecule is CCCCCCc1ccc(CC(Br)CC(C)C)cc1. The van der Waals surface area contributed by atoms with Crippen molar-refractivity contribution in [2.24, 2.45) is 5.92 Å². The maximum Gasteiger partial charge on any atom is 0.0188 e. The summed E-state index contributed by atoms with van der Waals surface area (Å²) in [5, 5.41) is 0. The second-order valence-corrected chi connectivity index (χ2v) is 7.35. The zero-order valence-corrected chi connectivity index (χ0v) is 14.4. The lowest BCUT2D eigenvalue weighted by atomic mass is 10.00. The average molecular weight is 325 g/mol. The molecule has 0 radical (unpaired) electrons. The molecule has 0 bridgehead atoms. The van der Waals surface area contributed by atoms with Crippen molar-refractivity contribution in [2.45, 2.75) is 70.5 Å². The molecule has 0 aromatic heterocycles. The van der Waals surface area contributed by atoms with Crippen LogP contribution in [0.15, 0.2) is 24.3 Å². The van der Waals surface area contributed by atoms with Gasteiger partial charge < -0.3 is 0 Å². The third-order valence-electron chi connectivity index (χ3n) is 3.53. The first-order valence-electron chi connectivity index (χ1n) is 7.83. The van der Waals surface area contributed by atoms with Crippen LogP contribution in [0.25, 0.3) is 0 Å². The number of hydrogen-bond donors (Lipinski definition) is 0. The third-order valence-corrected chi connectivity index (χ3v) is 4.22. The molecule has 108 valence electrons. The van der Waals surface area contributed by atoms with Crippen molar-refractivity contribution in [1.29, 1.82) is 0 Å². The lowest BCUT2D eigenvalue weighted by Gasteiger charge is -2.12. The highest BCUT2D eigenvalue weighted by molar-refractivity contribution is 9.09. The van der Waals surface area contributed by atoms with Gasteiger partial charge in [-0.15, -0.1) is 0 Å². The Balaban J connectivity index is 2.34. The maximum atomic E-state index is 3.79. The summed E-state index contributed by atoms with van der Waals surface area (Å²) in [5.74, 6) is 0.766. The summed E-state index contributed by atoms with van der Waals surface area (Å²) in [4.78, 5) is 0.614. The van der Waals surface area contributed by atoms with E-state index in [1.807, 2.05) is 0 Å². The van der Waals surface area contributed by atoms with E-state index >= 15 is 0 Å². The Labute approximate surface area is 128 Å². The summed E-state index contributed by atoms with van der Waals surface area (Å²) >= 11 is 3.79. The highest BCUT2D eigenvalue weighted by atomic mass is 79.9. The van der Waals surface area contributed by atoms with Gasteiger partial charge in [0.15, 0.2) is 0 Å². The molecule has 1 atom stereocenters. The Kier molecular flexibility index (Phi) is 8.45. The van der Waals surface area contributed by atoms with Gasteiger partial charge in [-0.25, -0.2) is 0 Å². The van der Waals surface area contributed by atoms with Crippen molar-refractivity contribution in [1.82, 2.24) is 0 Å². The van der Waals surface area contributed by atoms with E-state index in [2.05, 4.69) is 61.0 Å². The summed E-state index contributed by atoms with van der Waals surface area (Å²) in [5.41, 5.74) is 2.95. The quantitative estimate of drug-likeness (QED) is 0.377. The fourth-order valence-electron chi connectivity index (χ4n) is 2.45. The highest BCUT2D eigenvalue weighted by Gasteiger charge is 2.07. The van der Waals surface area contributed by atoms with Crippen LogP contribution in [0.3, 0.4) is 0 Å². The zero-order chi connectivity index (χ0) is 14.1. The summed E-state index contributed by atoms with van der Waals surface area (Å²) < 4.78 is 0. The Morgan fingerprint density at radius 1 is 0.947 bits per heavy atom. The van der Waals surface area contributed by atoms with Crippen molar-refractivity contribution in [3.8, 4) is 0 Å². The molecule has 0 fully saturated rings. The topological polar surface area (TPSA) is 0 Å². The Morgan fingerprint density at radius 2 is 1.58 bits per heavy atom. The standard InChI is InChI=1S/C18H29Br/c1-4-5-6-7-8-16-9-11-17(12-10-16)14-18(19)13-15(2)3/h9-12,15,18H,4-8,13-14H2,1-3H3.